The fourth-order valence-electron chi connectivity index (χ4n) is 1.52. The zero-order chi connectivity index (χ0) is 12.3. The lowest BCUT2D eigenvalue weighted by Crippen LogP contribution is -1.91. The summed E-state index contributed by atoms with van der Waals surface area (Å²) >= 11 is 3.40. The van der Waals surface area contributed by atoms with Gasteiger partial charge < -0.3 is 4.74 Å². The van der Waals surface area contributed by atoms with Gasteiger partial charge in [0.25, 0.3) is 0 Å². The number of hydrogen-bond acceptors (Lipinski definition) is 2. The molecular formula is C14H11BrO2. The molecule has 0 N–H and O–H groups in total. The van der Waals surface area contributed by atoms with Gasteiger partial charge in [0.15, 0.2) is 6.29 Å². The van der Waals surface area contributed by atoms with Crippen molar-refractivity contribution < 1.29 is 9.53 Å². The van der Waals surface area contributed by atoms with E-state index >= 15 is 0 Å². The van der Waals surface area contributed by atoms with E-state index in [1.807, 2.05) is 37.3 Å². The van der Waals surface area contributed by atoms with Gasteiger partial charge in [-0.25, -0.2) is 0 Å². The molecule has 0 aliphatic carbocycles. The van der Waals surface area contributed by atoms with Crippen LogP contribution in [-0.2, 0) is 0 Å². The van der Waals surface area contributed by atoms with Crippen LogP contribution in [0.15, 0.2) is 46.9 Å². The summed E-state index contributed by atoms with van der Waals surface area (Å²) in [6, 6.07) is 12.9. The molecule has 0 radical (unpaired) electrons. The van der Waals surface area contributed by atoms with Gasteiger partial charge >= 0.3 is 0 Å². The Kier molecular flexibility index (Phi) is 3.59. The lowest BCUT2D eigenvalue weighted by Gasteiger charge is -2.10. The van der Waals surface area contributed by atoms with E-state index in [4.69, 9.17) is 4.74 Å². The Labute approximate surface area is 108 Å². The Morgan fingerprint density at radius 1 is 1.12 bits per heavy atom. The van der Waals surface area contributed by atoms with Gasteiger partial charge in [0.2, 0.25) is 0 Å². The number of ether oxygens (including phenoxy) is 1. The average molecular weight is 291 g/mol. The van der Waals surface area contributed by atoms with Gasteiger partial charge in [0.1, 0.15) is 11.5 Å². The second kappa shape index (κ2) is 5.15. The highest BCUT2D eigenvalue weighted by atomic mass is 79.9. The predicted octanol–water partition coefficient (Wildman–Crippen LogP) is 4.36. The second-order valence-electron chi connectivity index (χ2n) is 3.67. The molecule has 3 heteroatoms. The van der Waals surface area contributed by atoms with E-state index in [1.165, 1.54) is 0 Å². The van der Waals surface area contributed by atoms with Crippen LogP contribution >= 0.6 is 15.9 Å². The maximum atomic E-state index is 10.9. The van der Waals surface area contributed by atoms with Crippen molar-refractivity contribution in [2.75, 3.05) is 0 Å². The molecule has 2 rings (SSSR count). The van der Waals surface area contributed by atoms with Crippen LogP contribution in [0.25, 0.3) is 0 Å². The lowest BCUT2D eigenvalue weighted by atomic mass is 10.2. The minimum absolute atomic E-state index is 0.551. The van der Waals surface area contributed by atoms with Crippen molar-refractivity contribution in [1.29, 1.82) is 0 Å². The minimum Gasteiger partial charge on any atom is -0.456 e. The van der Waals surface area contributed by atoms with Gasteiger partial charge in [-0.05, 0) is 42.8 Å². The molecule has 0 aliphatic rings. The molecule has 2 nitrogen and oxygen atoms in total. The summed E-state index contributed by atoms with van der Waals surface area (Å²) in [4.78, 5) is 10.9. The van der Waals surface area contributed by atoms with Gasteiger partial charge in [-0.1, -0.05) is 28.1 Å². The molecule has 2 aromatic rings. The normalized spacial score (nSPS) is 10.0. The molecule has 86 valence electrons. The Morgan fingerprint density at radius 2 is 1.88 bits per heavy atom. The maximum Gasteiger partial charge on any atom is 0.153 e. The second-order valence-corrected chi connectivity index (χ2v) is 4.58. The van der Waals surface area contributed by atoms with Crippen LogP contribution in [0.1, 0.15) is 15.9 Å². The zero-order valence-corrected chi connectivity index (χ0v) is 10.9. The number of carbonyl (C=O) groups excluding carboxylic acids is 1. The van der Waals surface area contributed by atoms with Gasteiger partial charge in [-0.15, -0.1) is 0 Å². The van der Waals surface area contributed by atoms with E-state index < -0.39 is 0 Å². The molecule has 0 aromatic heterocycles. The van der Waals surface area contributed by atoms with Crippen molar-refractivity contribution in [3.8, 4) is 11.5 Å². The van der Waals surface area contributed by atoms with Crippen LogP contribution in [0.3, 0.4) is 0 Å². The summed E-state index contributed by atoms with van der Waals surface area (Å²) in [5.41, 5.74) is 1.56. The van der Waals surface area contributed by atoms with Gasteiger partial charge in [0.05, 0.1) is 5.56 Å². The third-order valence-electron chi connectivity index (χ3n) is 2.40. The molecule has 0 fully saturated rings. The van der Waals surface area contributed by atoms with Crippen molar-refractivity contribution >= 4 is 22.2 Å². The first-order valence-electron chi connectivity index (χ1n) is 5.19. The molecule has 0 saturated heterocycles. The van der Waals surface area contributed by atoms with Crippen molar-refractivity contribution in [3.63, 3.8) is 0 Å². The Hall–Kier alpha value is -1.61. The van der Waals surface area contributed by atoms with Crippen LogP contribution < -0.4 is 4.74 Å². The predicted molar refractivity (Wildman–Crippen MR) is 70.8 cm³/mol. The van der Waals surface area contributed by atoms with Gasteiger partial charge in [0, 0.05) is 4.47 Å². The van der Waals surface area contributed by atoms with Crippen LogP contribution in [0.2, 0.25) is 0 Å². The molecule has 0 bridgehead atoms. The van der Waals surface area contributed by atoms with E-state index in [2.05, 4.69) is 15.9 Å². The molecule has 0 spiro atoms. The van der Waals surface area contributed by atoms with Gasteiger partial charge in [-0.3, -0.25) is 4.79 Å². The highest BCUT2D eigenvalue weighted by Gasteiger charge is 2.05. The molecule has 0 atom stereocenters. The summed E-state index contributed by atoms with van der Waals surface area (Å²) in [6.07, 6.45) is 0.795. The number of rotatable bonds is 3. The first kappa shape index (κ1) is 11.9. The molecule has 17 heavy (non-hydrogen) atoms. The molecule has 0 heterocycles. The highest BCUT2D eigenvalue weighted by molar-refractivity contribution is 9.10. The first-order valence-corrected chi connectivity index (χ1v) is 5.98. The van der Waals surface area contributed by atoms with Gasteiger partial charge in [-0.2, -0.15) is 0 Å². The number of aldehydes is 1. The summed E-state index contributed by atoms with van der Waals surface area (Å²) in [6.45, 7) is 1.96. The molecular weight excluding hydrogens is 280 g/mol. The van der Waals surface area contributed by atoms with Crippen molar-refractivity contribution in [1.82, 2.24) is 0 Å². The number of carbonyl (C=O) groups is 1. The average Bonchev–Trinajstić information content (AvgIpc) is 2.33. The van der Waals surface area contributed by atoms with Crippen LogP contribution in [0.4, 0.5) is 0 Å². The van der Waals surface area contributed by atoms with E-state index in [0.717, 1.165) is 22.1 Å². The Morgan fingerprint density at radius 3 is 2.59 bits per heavy atom. The smallest absolute Gasteiger partial charge is 0.153 e. The Balaban J connectivity index is 2.34. The number of benzene rings is 2. The minimum atomic E-state index is 0.551. The molecule has 0 saturated carbocycles. The maximum absolute atomic E-state index is 10.9. The molecule has 2 aromatic carbocycles. The summed E-state index contributed by atoms with van der Waals surface area (Å²) in [5.74, 6) is 1.33. The SMILES string of the molecule is Cc1cc(Br)ccc1Oc1ccccc1C=O. The van der Waals surface area contributed by atoms with Crippen molar-refractivity contribution in [2.24, 2.45) is 0 Å². The third kappa shape index (κ3) is 2.74. The van der Waals surface area contributed by atoms with E-state index in [9.17, 15) is 4.79 Å². The summed E-state index contributed by atoms with van der Waals surface area (Å²) in [5, 5.41) is 0. The monoisotopic (exact) mass is 290 g/mol. The number of aryl methyl sites for hydroxylation is 1. The largest absolute Gasteiger partial charge is 0.456 e. The van der Waals surface area contributed by atoms with E-state index in [0.29, 0.717) is 11.3 Å². The molecule has 0 aliphatic heterocycles. The fraction of sp³-hybridized carbons (Fsp3) is 0.0714. The summed E-state index contributed by atoms with van der Waals surface area (Å²) in [7, 11) is 0. The van der Waals surface area contributed by atoms with Crippen LogP contribution in [-0.4, -0.2) is 6.29 Å². The number of hydrogen-bond donors (Lipinski definition) is 0. The van der Waals surface area contributed by atoms with Crippen LogP contribution in [0, 0.1) is 6.92 Å². The quantitative estimate of drug-likeness (QED) is 0.785. The molecule has 0 unspecified atom stereocenters. The lowest BCUT2D eigenvalue weighted by molar-refractivity contribution is 0.112. The summed E-state index contributed by atoms with van der Waals surface area (Å²) < 4.78 is 6.74. The van der Waals surface area contributed by atoms with E-state index in [-0.39, 0.29) is 0 Å². The topological polar surface area (TPSA) is 26.3 Å². The first-order chi connectivity index (χ1) is 8.20. The zero-order valence-electron chi connectivity index (χ0n) is 9.31. The number of halogens is 1. The van der Waals surface area contributed by atoms with Crippen molar-refractivity contribution in [2.45, 2.75) is 6.92 Å². The highest BCUT2D eigenvalue weighted by Crippen LogP contribution is 2.28. The number of para-hydroxylation sites is 1. The standard InChI is InChI=1S/C14H11BrO2/c1-10-8-12(15)6-7-13(10)17-14-5-3-2-4-11(14)9-16/h2-9H,1H3. The van der Waals surface area contributed by atoms with Crippen molar-refractivity contribution in [3.05, 3.63) is 58.1 Å². The third-order valence-corrected chi connectivity index (χ3v) is 2.90. The molecule has 0 amide bonds. The fourth-order valence-corrected chi connectivity index (χ4v) is 1.99. The van der Waals surface area contributed by atoms with E-state index in [1.54, 1.807) is 12.1 Å². The Bertz CT molecular complexity index is 550. The van der Waals surface area contributed by atoms with Crippen LogP contribution in [0.5, 0.6) is 11.5 Å².